The number of amides is 1. The van der Waals surface area contributed by atoms with E-state index in [0.717, 1.165) is 24.3 Å². The second-order valence-corrected chi connectivity index (χ2v) is 9.04. The molecule has 2 saturated carbocycles. The molecule has 2 bridgehead atoms. The van der Waals surface area contributed by atoms with Crippen molar-refractivity contribution in [2.24, 2.45) is 11.8 Å². The zero-order chi connectivity index (χ0) is 17.7. The van der Waals surface area contributed by atoms with Gasteiger partial charge in [-0.15, -0.1) is 0 Å². The Morgan fingerprint density at radius 1 is 1.19 bits per heavy atom. The number of nitrogens with zero attached hydrogens (tertiary/aromatic N) is 1. The average molecular weight is 354 g/mol. The number of methoxy groups -OCH3 is 1. The van der Waals surface area contributed by atoms with Crippen LogP contribution < -0.4 is 5.32 Å². The van der Waals surface area contributed by atoms with Crippen molar-refractivity contribution in [3.8, 4) is 0 Å². The first kappa shape index (κ1) is 16.6. The van der Waals surface area contributed by atoms with Crippen LogP contribution in [0.25, 0.3) is 0 Å². The minimum Gasteiger partial charge on any atom is -0.453 e. The first-order valence-corrected chi connectivity index (χ1v) is 10.4. The third-order valence-electron chi connectivity index (χ3n) is 7.90. The number of nitrogens with one attached hydrogen (secondary N) is 1. The molecule has 1 heterocycles. The van der Waals surface area contributed by atoms with Crippen LogP contribution in [0.2, 0.25) is 0 Å². The van der Waals surface area contributed by atoms with Gasteiger partial charge in [-0.25, -0.2) is 4.79 Å². The van der Waals surface area contributed by atoms with E-state index in [4.69, 9.17) is 4.74 Å². The molecule has 0 radical (unpaired) electrons. The maximum absolute atomic E-state index is 11.8. The lowest BCUT2D eigenvalue weighted by Crippen LogP contribution is -2.48. The van der Waals surface area contributed by atoms with Crippen LogP contribution in [-0.4, -0.2) is 37.2 Å². The van der Waals surface area contributed by atoms with E-state index < -0.39 is 0 Å². The molecule has 2 unspecified atom stereocenters. The molecule has 1 N–H and O–H groups in total. The van der Waals surface area contributed by atoms with Crippen LogP contribution in [-0.2, 0) is 10.2 Å². The Labute approximate surface area is 156 Å². The standard InChI is InChI=1S/C22H30N2O2/c1-26-21(25)23-19-14-22(18-5-3-2-4-17(18)19)8-10-24(11-9-22)20-13-15-6-7-16(20)12-15/h2-5,15-16,19-20H,6-14H2,1H3,(H,23,25)/t15-,16-,19?,20?/m1/s1. The maximum atomic E-state index is 11.8. The van der Waals surface area contributed by atoms with Crippen LogP contribution in [0, 0.1) is 11.8 Å². The number of fused-ring (bicyclic) bond motifs is 4. The number of carbonyl (C=O) groups is 1. The second kappa shape index (κ2) is 6.26. The number of likely N-dealkylation sites (tertiary alicyclic amines) is 1. The molecule has 1 aliphatic heterocycles. The molecule has 1 saturated heterocycles. The number of hydrogen-bond donors (Lipinski definition) is 1. The molecule has 1 aromatic carbocycles. The highest BCUT2D eigenvalue weighted by Gasteiger charge is 2.49. The molecule has 4 atom stereocenters. The van der Waals surface area contributed by atoms with Gasteiger partial charge in [-0.05, 0) is 74.6 Å². The molecule has 1 amide bonds. The van der Waals surface area contributed by atoms with E-state index in [-0.39, 0.29) is 17.6 Å². The molecule has 140 valence electrons. The van der Waals surface area contributed by atoms with Gasteiger partial charge < -0.3 is 15.0 Å². The van der Waals surface area contributed by atoms with Gasteiger partial charge in [0.2, 0.25) is 0 Å². The Morgan fingerprint density at radius 2 is 2.00 bits per heavy atom. The van der Waals surface area contributed by atoms with Gasteiger partial charge >= 0.3 is 6.09 Å². The van der Waals surface area contributed by atoms with Crippen molar-refractivity contribution < 1.29 is 9.53 Å². The monoisotopic (exact) mass is 354 g/mol. The number of rotatable bonds is 2. The molecule has 1 spiro atoms. The molecule has 4 heteroatoms. The van der Waals surface area contributed by atoms with Crippen molar-refractivity contribution in [3.05, 3.63) is 35.4 Å². The van der Waals surface area contributed by atoms with Gasteiger partial charge in [0.1, 0.15) is 0 Å². The van der Waals surface area contributed by atoms with Crippen molar-refractivity contribution >= 4 is 6.09 Å². The summed E-state index contributed by atoms with van der Waals surface area (Å²) < 4.78 is 4.86. The van der Waals surface area contributed by atoms with E-state index >= 15 is 0 Å². The number of alkyl carbamates (subject to hydrolysis) is 1. The fourth-order valence-corrected chi connectivity index (χ4v) is 6.64. The van der Waals surface area contributed by atoms with Gasteiger partial charge in [0.15, 0.2) is 0 Å². The van der Waals surface area contributed by atoms with E-state index in [9.17, 15) is 4.79 Å². The molecule has 4 nitrogen and oxygen atoms in total. The SMILES string of the molecule is COC(=O)NC1CC2(CCN(C3C[C@@H]4CC[C@@H]3C4)CC2)c2ccccc21. The summed E-state index contributed by atoms with van der Waals surface area (Å²) in [5.41, 5.74) is 3.00. The number of hydrogen-bond acceptors (Lipinski definition) is 3. The second-order valence-electron chi connectivity index (χ2n) is 9.04. The molecular weight excluding hydrogens is 324 g/mol. The van der Waals surface area contributed by atoms with Crippen LogP contribution in [0.15, 0.2) is 24.3 Å². The van der Waals surface area contributed by atoms with Gasteiger partial charge in [-0.2, -0.15) is 0 Å². The van der Waals surface area contributed by atoms with Crippen LogP contribution in [0.1, 0.15) is 62.1 Å². The predicted octanol–water partition coefficient (Wildman–Crippen LogP) is 4.01. The zero-order valence-corrected chi connectivity index (χ0v) is 15.7. The Kier molecular flexibility index (Phi) is 4.00. The minimum absolute atomic E-state index is 0.0905. The average Bonchev–Trinajstić information content (AvgIpc) is 3.38. The predicted molar refractivity (Wildman–Crippen MR) is 101 cm³/mol. The summed E-state index contributed by atoms with van der Waals surface area (Å²) in [5, 5.41) is 3.07. The summed E-state index contributed by atoms with van der Waals surface area (Å²) in [6.45, 7) is 2.43. The molecule has 5 rings (SSSR count). The molecular formula is C22H30N2O2. The smallest absolute Gasteiger partial charge is 0.407 e. The van der Waals surface area contributed by atoms with Gasteiger partial charge in [0.25, 0.3) is 0 Å². The summed E-state index contributed by atoms with van der Waals surface area (Å²) in [6.07, 6.45) is 9.01. The normalized spacial score (nSPS) is 34.8. The zero-order valence-electron chi connectivity index (χ0n) is 15.7. The van der Waals surface area contributed by atoms with Gasteiger partial charge in [-0.1, -0.05) is 30.7 Å². The Bertz CT molecular complexity index is 695. The molecule has 4 aliphatic rings. The number of carbonyl (C=O) groups excluding carboxylic acids is 1. The summed E-state index contributed by atoms with van der Waals surface area (Å²) in [7, 11) is 1.44. The Morgan fingerprint density at radius 3 is 2.69 bits per heavy atom. The summed E-state index contributed by atoms with van der Waals surface area (Å²) in [4.78, 5) is 14.6. The van der Waals surface area contributed by atoms with E-state index in [1.807, 2.05) is 0 Å². The fraction of sp³-hybridized carbons (Fsp3) is 0.682. The first-order chi connectivity index (χ1) is 12.7. The summed E-state index contributed by atoms with van der Waals surface area (Å²) in [5.74, 6) is 1.99. The fourth-order valence-electron chi connectivity index (χ4n) is 6.64. The van der Waals surface area contributed by atoms with Crippen molar-refractivity contribution in [2.45, 2.75) is 62.4 Å². The Hall–Kier alpha value is -1.55. The molecule has 0 aromatic heterocycles. The largest absolute Gasteiger partial charge is 0.453 e. The first-order valence-electron chi connectivity index (χ1n) is 10.4. The van der Waals surface area contributed by atoms with E-state index in [1.54, 1.807) is 0 Å². The van der Waals surface area contributed by atoms with Crippen molar-refractivity contribution in [3.63, 3.8) is 0 Å². The Balaban J connectivity index is 1.33. The van der Waals surface area contributed by atoms with Crippen molar-refractivity contribution in [1.82, 2.24) is 10.2 Å². The highest BCUT2D eigenvalue weighted by Crippen LogP contribution is 2.53. The molecule has 3 fully saturated rings. The van der Waals surface area contributed by atoms with Gasteiger partial charge in [0.05, 0.1) is 13.2 Å². The molecule has 26 heavy (non-hydrogen) atoms. The van der Waals surface area contributed by atoms with Gasteiger partial charge in [-0.3, -0.25) is 0 Å². The number of ether oxygens (including phenoxy) is 1. The summed E-state index contributed by atoms with van der Waals surface area (Å²) >= 11 is 0. The lowest BCUT2D eigenvalue weighted by atomic mass is 9.73. The van der Waals surface area contributed by atoms with E-state index in [2.05, 4.69) is 34.5 Å². The van der Waals surface area contributed by atoms with Crippen molar-refractivity contribution in [2.75, 3.05) is 20.2 Å². The number of piperidine rings is 1. The van der Waals surface area contributed by atoms with Crippen LogP contribution in [0.5, 0.6) is 0 Å². The number of benzene rings is 1. The summed E-state index contributed by atoms with van der Waals surface area (Å²) in [6, 6.07) is 9.67. The molecule has 3 aliphatic carbocycles. The molecule has 1 aromatic rings. The minimum atomic E-state index is -0.318. The van der Waals surface area contributed by atoms with Crippen LogP contribution in [0.4, 0.5) is 4.79 Å². The van der Waals surface area contributed by atoms with E-state index in [0.29, 0.717) is 0 Å². The van der Waals surface area contributed by atoms with Crippen molar-refractivity contribution in [1.29, 1.82) is 0 Å². The topological polar surface area (TPSA) is 41.6 Å². The quantitative estimate of drug-likeness (QED) is 0.872. The van der Waals surface area contributed by atoms with E-state index in [1.165, 1.54) is 69.9 Å². The lowest BCUT2D eigenvalue weighted by molar-refractivity contribution is 0.0808. The highest BCUT2D eigenvalue weighted by molar-refractivity contribution is 5.68. The van der Waals surface area contributed by atoms with Gasteiger partial charge in [0, 0.05) is 11.5 Å². The lowest BCUT2D eigenvalue weighted by Gasteiger charge is -2.44. The third kappa shape index (κ3) is 2.57. The maximum Gasteiger partial charge on any atom is 0.407 e. The van der Waals surface area contributed by atoms with Crippen LogP contribution >= 0.6 is 0 Å². The highest BCUT2D eigenvalue weighted by atomic mass is 16.5. The third-order valence-corrected chi connectivity index (χ3v) is 7.90. The van der Waals surface area contributed by atoms with Crippen LogP contribution in [0.3, 0.4) is 0 Å².